The Balaban J connectivity index is 0.00000225. The summed E-state index contributed by atoms with van der Waals surface area (Å²) < 4.78 is 0. The van der Waals surface area contributed by atoms with Gasteiger partial charge in [-0.05, 0) is 26.3 Å². The van der Waals surface area contributed by atoms with Gasteiger partial charge in [-0.1, -0.05) is 0 Å². The Morgan fingerprint density at radius 2 is 2.25 bits per heavy atom. The predicted molar refractivity (Wildman–Crippen MR) is 64.6 cm³/mol. The van der Waals surface area contributed by atoms with E-state index in [-0.39, 0.29) is 30.3 Å². The lowest BCUT2D eigenvalue weighted by atomic mass is 10.1. The minimum Gasteiger partial charge on any atom is -0.354 e. The Kier molecular flexibility index (Phi) is 7.93. The third-order valence-electron chi connectivity index (χ3n) is 2.47. The predicted octanol–water partition coefficient (Wildman–Crippen LogP) is -0.197. The van der Waals surface area contributed by atoms with E-state index in [9.17, 15) is 9.59 Å². The van der Waals surface area contributed by atoms with Crippen molar-refractivity contribution in [2.45, 2.75) is 31.7 Å². The molecule has 1 unspecified atom stereocenters. The molecule has 1 rings (SSSR count). The summed E-state index contributed by atoms with van der Waals surface area (Å²) in [6.07, 6.45) is 3.14. The molecule has 5 nitrogen and oxygen atoms in total. The lowest BCUT2D eigenvalue weighted by Gasteiger charge is -2.14. The van der Waals surface area contributed by atoms with Crippen LogP contribution < -0.4 is 16.0 Å². The van der Waals surface area contributed by atoms with Crippen molar-refractivity contribution in [3.05, 3.63) is 0 Å². The van der Waals surface area contributed by atoms with Gasteiger partial charge in [-0.2, -0.15) is 0 Å². The first kappa shape index (κ1) is 15.2. The normalized spacial score (nSPS) is 20.3. The molecule has 0 aromatic rings. The molecular formula is C10H20ClN3O2. The van der Waals surface area contributed by atoms with Gasteiger partial charge in [-0.25, -0.2) is 0 Å². The average molecular weight is 250 g/mol. The van der Waals surface area contributed by atoms with Crippen molar-refractivity contribution in [3.63, 3.8) is 0 Å². The van der Waals surface area contributed by atoms with Gasteiger partial charge < -0.3 is 16.0 Å². The Bertz CT molecular complexity index is 236. The van der Waals surface area contributed by atoms with Crippen LogP contribution in [-0.4, -0.2) is 38.0 Å². The van der Waals surface area contributed by atoms with E-state index in [0.29, 0.717) is 13.0 Å². The molecule has 2 amide bonds. The first-order valence-corrected chi connectivity index (χ1v) is 5.45. The number of hydrogen-bond acceptors (Lipinski definition) is 3. The van der Waals surface area contributed by atoms with Crippen molar-refractivity contribution in [1.82, 2.24) is 16.0 Å². The third kappa shape index (κ3) is 5.32. The number of carbonyl (C=O) groups is 2. The Morgan fingerprint density at radius 1 is 1.50 bits per heavy atom. The number of halogens is 1. The van der Waals surface area contributed by atoms with Crippen LogP contribution in [0.4, 0.5) is 0 Å². The van der Waals surface area contributed by atoms with Gasteiger partial charge in [-0.15, -0.1) is 12.4 Å². The lowest BCUT2D eigenvalue weighted by Crippen LogP contribution is -2.45. The molecule has 94 valence electrons. The molecule has 1 atom stereocenters. The zero-order valence-corrected chi connectivity index (χ0v) is 10.4. The first-order valence-electron chi connectivity index (χ1n) is 5.45. The average Bonchev–Trinajstić information content (AvgIpc) is 2.42. The summed E-state index contributed by atoms with van der Waals surface area (Å²) in [5, 5.41) is 8.44. The van der Waals surface area contributed by atoms with Gasteiger partial charge in [0.2, 0.25) is 11.8 Å². The summed E-state index contributed by atoms with van der Waals surface area (Å²) in [7, 11) is 1.80. The molecule has 0 radical (unpaired) electrons. The maximum absolute atomic E-state index is 11.5. The second-order valence-corrected chi connectivity index (χ2v) is 3.76. The molecule has 1 aliphatic rings. The molecule has 1 saturated heterocycles. The number of carbonyl (C=O) groups excluding carboxylic acids is 2. The maximum Gasteiger partial charge on any atom is 0.242 e. The van der Waals surface area contributed by atoms with Gasteiger partial charge in [0, 0.05) is 19.5 Å². The fourth-order valence-corrected chi connectivity index (χ4v) is 1.58. The van der Waals surface area contributed by atoms with Crippen molar-refractivity contribution in [3.8, 4) is 0 Å². The topological polar surface area (TPSA) is 70.2 Å². The monoisotopic (exact) mass is 249 g/mol. The lowest BCUT2D eigenvalue weighted by molar-refractivity contribution is -0.128. The number of amides is 2. The van der Waals surface area contributed by atoms with Crippen LogP contribution in [-0.2, 0) is 9.59 Å². The molecule has 3 N–H and O–H groups in total. The summed E-state index contributed by atoms with van der Waals surface area (Å²) in [5.41, 5.74) is 0. The van der Waals surface area contributed by atoms with E-state index in [1.807, 2.05) is 0 Å². The highest BCUT2D eigenvalue weighted by molar-refractivity contribution is 5.87. The number of nitrogens with one attached hydrogen (secondary N) is 3. The zero-order chi connectivity index (χ0) is 11.1. The van der Waals surface area contributed by atoms with E-state index in [4.69, 9.17) is 0 Å². The van der Waals surface area contributed by atoms with Crippen LogP contribution in [0, 0.1) is 0 Å². The highest BCUT2D eigenvalue weighted by Gasteiger charge is 2.21. The first-order chi connectivity index (χ1) is 7.24. The summed E-state index contributed by atoms with van der Waals surface area (Å²) in [6.45, 7) is 1.36. The number of hydrogen-bond donors (Lipinski definition) is 3. The van der Waals surface area contributed by atoms with Crippen molar-refractivity contribution in [1.29, 1.82) is 0 Å². The molecule has 1 heterocycles. The van der Waals surface area contributed by atoms with E-state index < -0.39 is 0 Å². The second kappa shape index (κ2) is 8.35. The standard InChI is InChI=1S/C10H19N3O2.ClH/c1-11-7-5-9(14)13-8-4-2-3-6-12-10(8)15;/h8,11H,2-7H2,1H3,(H,12,15)(H,13,14);1H. The van der Waals surface area contributed by atoms with E-state index >= 15 is 0 Å². The van der Waals surface area contributed by atoms with Gasteiger partial charge in [0.05, 0.1) is 0 Å². The van der Waals surface area contributed by atoms with E-state index in [1.54, 1.807) is 7.05 Å². The van der Waals surface area contributed by atoms with Crippen LogP contribution in [0.2, 0.25) is 0 Å². The van der Waals surface area contributed by atoms with E-state index in [1.165, 1.54) is 0 Å². The highest BCUT2D eigenvalue weighted by atomic mass is 35.5. The van der Waals surface area contributed by atoms with Crippen LogP contribution in [0.15, 0.2) is 0 Å². The summed E-state index contributed by atoms with van der Waals surface area (Å²) in [5.74, 6) is -0.114. The van der Waals surface area contributed by atoms with Gasteiger partial charge in [0.1, 0.15) is 6.04 Å². The molecule has 6 heteroatoms. The molecule has 1 aliphatic heterocycles. The fourth-order valence-electron chi connectivity index (χ4n) is 1.58. The quantitative estimate of drug-likeness (QED) is 0.647. The largest absolute Gasteiger partial charge is 0.354 e. The van der Waals surface area contributed by atoms with Crippen molar-refractivity contribution in [2.24, 2.45) is 0 Å². The maximum atomic E-state index is 11.5. The van der Waals surface area contributed by atoms with Gasteiger partial charge in [-0.3, -0.25) is 9.59 Å². The third-order valence-corrected chi connectivity index (χ3v) is 2.47. The molecule has 0 aromatic heterocycles. The van der Waals surface area contributed by atoms with Gasteiger partial charge in [0.15, 0.2) is 0 Å². The molecule has 16 heavy (non-hydrogen) atoms. The summed E-state index contributed by atoms with van der Waals surface area (Å²) in [4.78, 5) is 22.9. The molecular weight excluding hydrogens is 230 g/mol. The van der Waals surface area contributed by atoms with Crippen LogP contribution in [0.5, 0.6) is 0 Å². The van der Waals surface area contributed by atoms with E-state index in [2.05, 4.69) is 16.0 Å². The molecule has 0 aromatic carbocycles. The Morgan fingerprint density at radius 3 is 2.94 bits per heavy atom. The van der Waals surface area contributed by atoms with Crippen LogP contribution in [0.1, 0.15) is 25.7 Å². The van der Waals surface area contributed by atoms with Crippen LogP contribution in [0.25, 0.3) is 0 Å². The zero-order valence-electron chi connectivity index (χ0n) is 9.54. The Labute approximate surface area is 102 Å². The highest BCUT2D eigenvalue weighted by Crippen LogP contribution is 2.05. The summed E-state index contributed by atoms with van der Waals surface area (Å²) in [6, 6.07) is -0.336. The molecule has 0 aliphatic carbocycles. The van der Waals surface area contributed by atoms with Gasteiger partial charge >= 0.3 is 0 Å². The summed E-state index contributed by atoms with van der Waals surface area (Å²) >= 11 is 0. The molecule has 0 saturated carbocycles. The SMILES string of the molecule is CNCCC(=O)NC1CCCCNC1=O.Cl. The van der Waals surface area contributed by atoms with Crippen molar-refractivity contribution in [2.75, 3.05) is 20.1 Å². The molecule has 0 bridgehead atoms. The van der Waals surface area contributed by atoms with Crippen molar-refractivity contribution < 1.29 is 9.59 Å². The van der Waals surface area contributed by atoms with E-state index in [0.717, 1.165) is 25.8 Å². The number of rotatable bonds is 4. The Hall–Kier alpha value is -0.810. The fraction of sp³-hybridized carbons (Fsp3) is 0.800. The second-order valence-electron chi connectivity index (χ2n) is 3.76. The minimum absolute atomic E-state index is 0. The van der Waals surface area contributed by atoms with Crippen molar-refractivity contribution >= 4 is 24.2 Å². The van der Waals surface area contributed by atoms with Gasteiger partial charge in [0.25, 0.3) is 0 Å². The molecule has 0 spiro atoms. The van der Waals surface area contributed by atoms with Crippen LogP contribution >= 0.6 is 12.4 Å². The molecule has 1 fully saturated rings. The van der Waals surface area contributed by atoms with Crippen LogP contribution in [0.3, 0.4) is 0 Å². The minimum atomic E-state index is -0.336. The smallest absolute Gasteiger partial charge is 0.242 e.